The molecule has 0 amide bonds. The SMILES string of the molecule is CCCCCC/C=C\CCCCCCCC(=O)OC(COCCC(C(=O)[O-])[N+](C)(C)C)COC(=O)CCCCCCCCCCC. The van der Waals surface area contributed by atoms with E-state index >= 15 is 0 Å². The highest BCUT2D eigenvalue weighted by Crippen LogP contribution is 2.13. The van der Waals surface area contributed by atoms with E-state index in [-0.39, 0.29) is 42.7 Å². The summed E-state index contributed by atoms with van der Waals surface area (Å²) in [7, 11) is 5.39. The number of carbonyl (C=O) groups excluding carboxylic acids is 3. The number of allylic oxidation sites excluding steroid dienone is 2. The summed E-state index contributed by atoms with van der Waals surface area (Å²) in [6.45, 7) is 4.61. The molecule has 2 atom stereocenters. The Balaban J connectivity index is 4.44. The summed E-state index contributed by atoms with van der Waals surface area (Å²) >= 11 is 0. The Labute approximate surface area is 282 Å². The topological polar surface area (TPSA) is 102 Å². The summed E-state index contributed by atoms with van der Waals surface area (Å²) in [5.41, 5.74) is 0. The van der Waals surface area contributed by atoms with Gasteiger partial charge in [-0.2, -0.15) is 0 Å². The Morgan fingerprint density at radius 1 is 0.630 bits per heavy atom. The van der Waals surface area contributed by atoms with Crippen LogP contribution < -0.4 is 5.11 Å². The van der Waals surface area contributed by atoms with E-state index in [1.54, 1.807) is 21.1 Å². The Morgan fingerprint density at radius 2 is 1.09 bits per heavy atom. The Kier molecular flexibility index (Phi) is 29.1. The Hall–Kier alpha value is -1.93. The van der Waals surface area contributed by atoms with Crippen LogP contribution >= 0.6 is 0 Å². The second-order valence-electron chi connectivity index (χ2n) is 13.8. The molecule has 46 heavy (non-hydrogen) atoms. The van der Waals surface area contributed by atoms with Gasteiger partial charge in [-0.15, -0.1) is 0 Å². The number of hydrogen-bond acceptors (Lipinski definition) is 7. The molecule has 0 spiro atoms. The zero-order valence-corrected chi connectivity index (χ0v) is 30.5. The molecule has 0 N–H and O–H groups in total. The number of carbonyl (C=O) groups is 3. The van der Waals surface area contributed by atoms with Gasteiger partial charge in [0.2, 0.25) is 0 Å². The largest absolute Gasteiger partial charge is 0.544 e. The molecule has 270 valence electrons. The lowest BCUT2D eigenvalue weighted by Crippen LogP contribution is -2.55. The molecule has 0 aromatic rings. The van der Waals surface area contributed by atoms with Gasteiger partial charge in [-0.1, -0.05) is 116 Å². The standard InChI is InChI=1S/C38H71NO7/c1-6-8-10-12-14-16-17-18-19-21-23-25-27-29-37(41)46-34(32-44-31-30-35(38(42)43)39(3,4)5)33-45-36(40)28-26-24-22-20-15-13-11-9-7-2/h16-17,34-35H,6-15,18-33H2,1-5H3/b17-16-. The maximum absolute atomic E-state index is 12.6. The fourth-order valence-corrected chi connectivity index (χ4v) is 5.42. The van der Waals surface area contributed by atoms with E-state index in [2.05, 4.69) is 26.0 Å². The number of aliphatic carboxylic acids is 1. The molecule has 0 aromatic carbocycles. The number of quaternary nitrogens is 1. The lowest BCUT2D eigenvalue weighted by Gasteiger charge is -2.34. The quantitative estimate of drug-likeness (QED) is 0.0308. The number of hydrogen-bond donors (Lipinski definition) is 0. The zero-order chi connectivity index (χ0) is 34.3. The molecule has 0 heterocycles. The van der Waals surface area contributed by atoms with Gasteiger partial charge in [0.25, 0.3) is 0 Å². The first-order valence-corrected chi connectivity index (χ1v) is 18.7. The summed E-state index contributed by atoms with van der Waals surface area (Å²) < 4.78 is 17.0. The third-order valence-electron chi connectivity index (χ3n) is 8.40. The highest BCUT2D eigenvalue weighted by molar-refractivity contribution is 5.70. The van der Waals surface area contributed by atoms with Crippen molar-refractivity contribution in [3.63, 3.8) is 0 Å². The van der Waals surface area contributed by atoms with E-state index in [1.807, 2.05) is 0 Å². The fourth-order valence-electron chi connectivity index (χ4n) is 5.42. The Morgan fingerprint density at radius 3 is 1.59 bits per heavy atom. The normalized spacial score (nSPS) is 13.2. The highest BCUT2D eigenvalue weighted by atomic mass is 16.6. The second kappa shape index (κ2) is 30.4. The molecule has 0 aliphatic heterocycles. The van der Waals surface area contributed by atoms with Crippen molar-refractivity contribution in [2.24, 2.45) is 0 Å². The van der Waals surface area contributed by atoms with E-state index in [1.165, 1.54) is 77.0 Å². The number of nitrogens with zero attached hydrogens (tertiary/aromatic N) is 1. The third kappa shape index (κ3) is 28.3. The van der Waals surface area contributed by atoms with Crippen LogP contribution in [0.15, 0.2) is 12.2 Å². The van der Waals surface area contributed by atoms with Crippen molar-refractivity contribution in [1.29, 1.82) is 0 Å². The molecule has 8 nitrogen and oxygen atoms in total. The van der Waals surface area contributed by atoms with Crippen LogP contribution in [0.4, 0.5) is 0 Å². The molecule has 0 aliphatic carbocycles. The van der Waals surface area contributed by atoms with Gasteiger partial charge in [0.1, 0.15) is 12.6 Å². The van der Waals surface area contributed by atoms with E-state index in [4.69, 9.17) is 14.2 Å². The smallest absolute Gasteiger partial charge is 0.306 e. The van der Waals surface area contributed by atoms with Crippen molar-refractivity contribution in [1.82, 2.24) is 0 Å². The van der Waals surface area contributed by atoms with Gasteiger partial charge in [0.05, 0.1) is 40.3 Å². The molecule has 2 unspecified atom stereocenters. The molecule has 0 saturated carbocycles. The van der Waals surface area contributed by atoms with E-state index < -0.39 is 18.1 Å². The van der Waals surface area contributed by atoms with Gasteiger partial charge in [-0.05, 0) is 38.5 Å². The van der Waals surface area contributed by atoms with Crippen molar-refractivity contribution >= 4 is 17.9 Å². The predicted molar refractivity (Wildman–Crippen MR) is 185 cm³/mol. The maximum Gasteiger partial charge on any atom is 0.306 e. The van der Waals surface area contributed by atoms with E-state index in [0.717, 1.165) is 51.4 Å². The first kappa shape index (κ1) is 44.1. The van der Waals surface area contributed by atoms with Crippen LogP contribution in [0.2, 0.25) is 0 Å². The van der Waals surface area contributed by atoms with Crippen molar-refractivity contribution in [3.8, 4) is 0 Å². The average molecular weight is 654 g/mol. The average Bonchev–Trinajstić information content (AvgIpc) is 3.00. The Bertz CT molecular complexity index is 778. The summed E-state index contributed by atoms with van der Waals surface area (Å²) in [5.74, 6) is -1.75. The van der Waals surface area contributed by atoms with Gasteiger partial charge >= 0.3 is 11.9 Å². The van der Waals surface area contributed by atoms with Crippen LogP contribution in [0, 0.1) is 0 Å². The van der Waals surface area contributed by atoms with Crippen LogP contribution in [0.1, 0.15) is 162 Å². The zero-order valence-electron chi connectivity index (χ0n) is 30.5. The molecule has 0 rings (SSSR count). The molecular weight excluding hydrogens is 582 g/mol. The third-order valence-corrected chi connectivity index (χ3v) is 8.40. The number of esters is 2. The minimum atomic E-state index is -1.13. The number of carboxylic acid groups (broad SMARTS) is 1. The molecule has 8 heteroatoms. The monoisotopic (exact) mass is 654 g/mol. The lowest BCUT2D eigenvalue weighted by molar-refractivity contribution is -0.889. The molecule has 0 bridgehead atoms. The van der Waals surface area contributed by atoms with Crippen molar-refractivity contribution < 1.29 is 38.2 Å². The summed E-state index contributed by atoms with van der Waals surface area (Å²) in [6, 6.07) is -0.721. The van der Waals surface area contributed by atoms with Crippen LogP contribution in [0.3, 0.4) is 0 Å². The van der Waals surface area contributed by atoms with Gasteiger partial charge in [0.15, 0.2) is 6.10 Å². The van der Waals surface area contributed by atoms with Gasteiger partial charge in [-0.3, -0.25) is 9.59 Å². The minimum Gasteiger partial charge on any atom is -0.544 e. The van der Waals surface area contributed by atoms with Crippen LogP contribution in [-0.4, -0.2) is 75.5 Å². The molecule has 0 aromatic heterocycles. The lowest BCUT2D eigenvalue weighted by atomic mass is 10.1. The first-order valence-electron chi connectivity index (χ1n) is 18.7. The van der Waals surface area contributed by atoms with Crippen LogP contribution in [0.25, 0.3) is 0 Å². The van der Waals surface area contributed by atoms with Crippen LogP contribution in [0.5, 0.6) is 0 Å². The number of likely N-dealkylation sites (N-methyl/N-ethyl adjacent to an activating group) is 1. The highest BCUT2D eigenvalue weighted by Gasteiger charge is 2.25. The summed E-state index contributed by atoms with van der Waals surface area (Å²) in [6.07, 6.45) is 28.0. The number of carboxylic acids is 1. The summed E-state index contributed by atoms with van der Waals surface area (Å²) in [5, 5.41) is 11.5. The number of ether oxygens (including phenoxy) is 3. The number of rotatable bonds is 33. The molecule has 0 saturated heterocycles. The molecule has 0 radical (unpaired) electrons. The first-order chi connectivity index (χ1) is 22.1. The second-order valence-corrected chi connectivity index (χ2v) is 13.8. The van der Waals surface area contributed by atoms with Crippen molar-refractivity contribution in [2.45, 2.75) is 174 Å². The summed E-state index contributed by atoms with van der Waals surface area (Å²) in [4.78, 5) is 36.5. The van der Waals surface area contributed by atoms with Crippen LogP contribution in [-0.2, 0) is 28.6 Å². The van der Waals surface area contributed by atoms with Crippen molar-refractivity contribution in [3.05, 3.63) is 12.2 Å². The molecule has 0 aliphatic rings. The fraction of sp³-hybridized carbons (Fsp3) is 0.868. The van der Waals surface area contributed by atoms with Crippen molar-refractivity contribution in [2.75, 3.05) is 41.0 Å². The van der Waals surface area contributed by atoms with Gasteiger partial charge < -0.3 is 28.6 Å². The van der Waals surface area contributed by atoms with Gasteiger partial charge in [-0.25, -0.2) is 0 Å². The minimum absolute atomic E-state index is 0.0417. The molecular formula is C38H71NO7. The van der Waals surface area contributed by atoms with E-state index in [9.17, 15) is 19.5 Å². The molecule has 0 fully saturated rings. The maximum atomic E-state index is 12.6. The van der Waals surface area contributed by atoms with E-state index in [0.29, 0.717) is 12.8 Å². The number of unbranched alkanes of at least 4 members (excludes halogenated alkanes) is 17. The van der Waals surface area contributed by atoms with Gasteiger partial charge in [0, 0.05) is 19.3 Å². The predicted octanol–water partition coefficient (Wildman–Crippen LogP) is 7.85.